The second-order valence-corrected chi connectivity index (χ2v) is 6.76. The molecule has 0 aromatic rings. The number of ether oxygens (including phenoxy) is 1. The molecule has 1 atom stereocenters. The van der Waals surface area contributed by atoms with Crippen LogP contribution >= 0.6 is 0 Å². The minimum atomic E-state index is -3.14. The van der Waals surface area contributed by atoms with Crippen molar-refractivity contribution in [1.29, 1.82) is 0 Å². The summed E-state index contributed by atoms with van der Waals surface area (Å²) in [6, 6.07) is 0.476. The van der Waals surface area contributed by atoms with E-state index in [9.17, 15) is 8.42 Å². The van der Waals surface area contributed by atoms with Crippen LogP contribution < -0.4 is 5.32 Å². The molecule has 0 aromatic heterocycles. The first-order chi connectivity index (χ1) is 8.06. The fourth-order valence-corrected chi connectivity index (χ4v) is 3.06. The summed E-state index contributed by atoms with van der Waals surface area (Å²) >= 11 is 0. The van der Waals surface area contributed by atoms with Crippen LogP contribution in [0.4, 0.5) is 0 Å². The lowest BCUT2D eigenvalue weighted by Gasteiger charge is -2.25. The third-order valence-corrected chi connectivity index (χ3v) is 5.04. The molecule has 1 N–H and O–H groups in total. The van der Waals surface area contributed by atoms with Gasteiger partial charge >= 0.3 is 0 Å². The van der Waals surface area contributed by atoms with Gasteiger partial charge in [-0.25, -0.2) is 12.7 Å². The maximum absolute atomic E-state index is 11.8. The molecule has 0 bridgehead atoms. The largest absolute Gasteiger partial charge is 0.384 e. The number of hydrogen-bond acceptors (Lipinski definition) is 4. The standard InChI is InChI=1S/C11H24N2O3S/c1-13(17(14,15)10-9-16-2)8-6-11-5-3-4-7-12-11/h11-12H,3-10H2,1-2H3. The Labute approximate surface area is 105 Å². The van der Waals surface area contributed by atoms with Gasteiger partial charge in [0.15, 0.2) is 0 Å². The first-order valence-corrected chi connectivity index (χ1v) is 7.83. The van der Waals surface area contributed by atoms with Gasteiger partial charge in [-0.15, -0.1) is 0 Å². The number of piperidine rings is 1. The molecule has 1 rings (SSSR count). The smallest absolute Gasteiger partial charge is 0.216 e. The van der Waals surface area contributed by atoms with Crippen LogP contribution in [0.25, 0.3) is 0 Å². The molecule has 5 nitrogen and oxygen atoms in total. The molecular formula is C11H24N2O3S. The Kier molecular flexibility index (Phi) is 6.40. The molecule has 17 heavy (non-hydrogen) atoms. The number of nitrogens with zero attached hydrogens (tertiary/aromatic N) is 1. The third-order valence-electron chi connectivity index (χ3n) is 3.23. The van der Waals surface area contributed by atoms with E-state index in [0.717, 1.165) is 19.4 Å². The van der Waals surface area contributed by atoms with Crippen LogP contribution in [0.3, 0.4) is 0 Å². The van der Waals surface area contributed by atoms with Gasteiger partial charge in [-0.05, 0) is 25.8 Å². The van der Waals surface area contributed by atoms with Gasteiger partial charge < -0.3 is 10.1 Å². The second kappa shape index (κ2) is 7.31. The van der Waals surface area contributed by atoms with Crippen LogP contribution in [0.1, 0.15) is 25.7 Å². The maximum atomic E-state index is 11.8. The Morgan fingerprint density at radius 3 is 2.76 bits per heavy atom. The summed E-state index contributed by atoms with van der Waals surface area (Å²) in [5.41, 5.74) is 0. The van der Waals surface area contributed by atoms with E-state index in [1.807, 2.05) is 0 Å². The van der Waals surface area contributed by atoms with Crippen molar-refractivity contribution in [1.82, 2.24) is 9.62 Å². The minimum absolute atomic E-state index is 0.0676. The van der Waals surface area contributed by atoms with Gasteiger partial charge in [0.2, 0.25) is 10.0 Å². The fourth-order valence-electron chi connectivity index (χ4n) is 1.99. The molecule has 0 saturated carbocycles. The first kappa shape index (κ1) is 14.9. The Balaban J connectivity index is 2.29. The highest BCUT2D eigenvalue weighted by Gasteiger charge is 2.19. The summed E-state index contributed by atoms with van der Waals surface area (Å²) in [5.74, 6) is 0.0676. The van der Waals surface area contributed by atoms with E-state index in [0.29, 0.717) is 12.6 Å². The Bertz CT molecular complexity index is 300. The molecule has 1 aliphatic rings. The van der Waals surface area contributed by atoms with Crippen LogP contribution in [-0.2, 0) is 14.8 Å². The fraction of sp³-hybridized carbons (Fsp3) is 1.00. The molecule has 0 amide bonds. The molecule has 0 spiro atoms. The van der Waals surface area contributed by atoms with Crippen LogP contribution in [-0.4, -0.2) is 58.4 Å². The quantitative estimate of drug-likeness (QED) is 0.724. The van der Waals surface area contributed by atoms with Crippen molar-refractivity contribution in [2.75, 3.05) is 39.6 Å². The summed E-state index contributed by atoms with van der Waals surface area (Å²) in [4.78, 5) is 0. The number of sulfonamides is 1. The van der Waals surface area contributed by atoms with Crippen LogP contribution in [0.5, 0.6) is 0 Å². The highest BCUT2D eigenvalue weighted by Crippen LogP contribution is 2.11. The summed E-state index contributed by atoms with van der Waals surface area (Å²) in [6.07, 6.45) is 4.53. The van der Waals surface area contributed by atoms with Gasteiger partial charge in [0.05, 0.1) is 12.4 Å². The van der Waals surface area contributed by atoms with E-state index in [4.69, 9.17) is 4.74 Å². The normalized spacial score (nSPS) is 21.9. The molecule has 1 aliphatic heterocycles. The molecule has 102 valence electrons. The van der Waals surface area contributed by atoms with Crippen LogP contribution in [0, 0.1) is 0 Å². The number of rotatable bonds is 7. The lowest BCUT2D eigenvalue weighted by atomic mass is 10.0. The predicted molar refractivity (Wildman–Crippen MR) is 68.6 cm³/mol. The van der Waals surface area contributed by atoms with Crippen molar-refractivity contribution in [2.24, 2.45) is 0 Å². The monoisotopic (exact) mass is 264 g/mol. The molecule has 1 saturated heterocycles. The Morgan fingerprint density at radius 2 is 2.18 bits per heavy atom. The highest BCUT2D eigenvalue weighted by molar-refractivity contribution is 7.89. The third kappa shape index (κ3) is 5.33. The van der Waals surface area contributed by atoms with Crippen molar-refractivity contribution in [3.05, 3.63) is 0 Å². The Morgan fingerprint density at radius 1 is 1.41 bits per heavy atom. The topological polar surface area (TPSA) is 58.6 Å². The van der Waals surface area contributed by atoms with Crippen molar-refractivity contribution in [3.8, 4) is 0 Å². The van der Waals surface area contributed by atoms with Crippen LogP contribution in [0.2, 0.25) is 0 Å². The molecule has 6 heteroatoms. The molecule has 0 aliphatic carbocycles. The van der Waals surface area contributed by atoms with Crippen molar-refractivity contribution in [3.63, 3.8) is 0 Å². The van der Waals surface area contributed by atoms with Gasteiger partial charge in [-0.2, -0.15) is 0 Å². The molecule has 1 fully saturated rings. The molecule has 1 unspecified atom stereocenters. The zero-order valence-electron chi connectivity index (χ0n) is 10.8. The average molecular weight is 264 g/mol. The second-order valence-electron chi connectivity index (χ2n) is 4.57. The predicted octanol–water partition coefficient (Wildman–Crippen LogP) is 0.427. The SMILES string of the molecule is COCCS(=O)(=O)N(C)CCC1CCCCN1. The van der Waals surface area contributed by atoms with Gasteiger partial charge in [0, 0.05) is 26.7 Å². The van der Waals surface area contributed by atoms with Gasteiger partial charge in [0.1, 0.15) is 0 Å². The van der Waals surface area contributed by atoms with E-state index < -0.39 is 10.0 Å². The molecule has 1 heterocycles. The van der Waals surface area contributed by atoms with E-state index in [1.165, 1.54) is 24.3 Å². The molecule has 0 aromatic carbocycles. The summed E-state index contributed by atoms with van der Waals surface area (Å²) in [7, 11) is 0.0193. The zero-order valence-corrected chi connectivity index (χ0v) is 11.6. The Hall–Kier alpha value is -0.170. The van der Waals surface area contributed by atoms with Crippen molar-refractivity contribution < 1.29 is 13.2 Å². The van der Waals surface area contributed by atoms with Crippen LogP contribution in [0.15, 0.2) is 0 Å². The van der Waals surface area contributed by atoms with E-state index in [1.54, 1.807) is 7.05 Å². The highest BCUT2D eigenvalue weighted by atomic mass is 32.2. The number of methoxy groups -OCH3 is 1. The lowest BCUT2D eigenvalue weighted by molar-refractivity contribution is 0.215. The molecule has 0 radical (unpaired) electrons. The lowest BCUT2D eigenvalue weighted by Crippen LogP contribution is -2.39. The molecular weight excluding hydrogens is 240 g/mol. The van der Waals surface area contributed by atoms with E-state index in [2.05, 4.69) is 5.32 Å². The zero-order chi connectivity index (χ0) is 12.7. The average Bonchev–Trinajstić information content (AvgIpc) is 2.34. The summed E-state index contributed by atoms with van der Waals surface area (Å²) in [5, 5.41) is 3.42. The van der Waals surface area contributed by atoms with Gasteiger partial charge in [-0.1, -0.05) is 6.42 Å². The van der Waals surface area contributed by atoms with Crippen molar-refractivity contribution in [2.45, 2.75) is 31.7 Å². The van der Waals surface area contributed by atoms with E-state index in [-0.39, 0.29) is 12.4 Å². The minimum Gasteiger partial charge on any atom is -0.384 e. The van der Waals surface area contributed by atoms with E-state index >= 15 is 0 Å². The number of hydrogen-bond donors (Lipinski definition) is 1. The summed E-state index contributed by atoms with van der Waals surface area (Å²) < 4.78 is 29.8. The van der Waals surface area contributed by atoms with Gasteiger partial charge in [-0.3, -0.25) is 0 Å². The maximum Gasteiger partial charge on any atom is 0.216 e. The summed E-state index contributed by atoms with van der Waals surface area (Å²) in [6.45, 7) is 1.91. The number of nitrogens with one attached hydrogen (secondary N) is 1. The first-order valence-electron chi connectivity index (χ1n) is 6.22. The van der Waals surface area contributed by atoms with Gasteiger partial charge in [0.25, 0.3) is 0 Å². The van der Waals surface area contributed by atoms with Crippen molar-refractivity contribution >= 4 is 10.0 Å².